The van der Waals surface area contributed by atoms with Crippen LogP contribution in [-0.2, 0) is 5.41 Å². The van der Waals surface area contributed by atoms with E-state index in [0.29, 0.717) is 29.1 Å². The Kier molecular flexibility index (Phi) is 3.42. The second kappa shape index (κ2) is 5.69. The van der Waals surface area contributed by atoms with Crippen LogP contribution in [0.5, 0.6) is 0 Å². The molecule has 0 radical (unpaired) electrons. The lowest BCUT2D eigenvalue weighted by atomic mass is 9.69. The first-order chi connectivity index (χ1) is 12.6. The van der Waals surface area contributed by atoms with Crippen molar-refractivity contribution in [2.24, 2.45) is 5.92 Å². The maximum Gasteiger partial charge on any atom is 0.280 e. The molecule has 3 aliphatic carbocycles. The highest BCUT2D eigenvalue weighted by Gasteiger charge is 2.60. The SMILES string of the molecule is FC(F)c1ccc(-c2noc(C34CC(C3)C(c3ccccc3)C4)n2)cn1. The first-order valence-electron chi connectivity index (χ1n) is 8.78. The number of benzene rings is 1. The number of fused-ring (bicyclic) bond motifs is 1. The van der Waals surface area contributed by atoms with E-state index in [1.54, 1.807) is 6.07 Å². The zero-order valence-corrected chi connectivity index (χ0v) is 14.0. The molecule has 0 saturated heterocycles. The number of nitrogens with zero attached hydrogens (tertiary/aromatic N) is 3. The van der Waals surface area contributed by atoms with Crippen LogP contribution in [0.4, 0.5) is 8.78 Å². The van der Waals surface area contributed by atoms with Gasteiger partial charge in [0, 0.05) is 11.8 Å². The van der Waals surface area contributed by atoms with Crippen molar-refractivity contribution in [3.63, 3.8) is 0 Å². The third kappa shape index (κ3) is 2.35. The summed E-state index contributed by atoms with van der Waals surface area (Å²) in [7, 11) is 0. The summed E-state index contributed by atoms with van der Waals surface area (Å²) in [6.07, 6.45) is 1.95. The molecule has 26 heavy (non-hydrogen) atoms. The molecule has 3 aliphatic rings. The number of aromatic nitrogens is 3. The van der Waals surface area contributed by atoms with Crippen LogP contribution in [-0.4, -0.2) is 15.1 Å². The van der Waals surface area contributed by atoms with E-state index in [-0.39, 0.29) is 11.1 Å². The second-order valence-electron chi connectivity index (χ2n) is 7.37. The quantitative estimate of drug-likeness (QED) is 0.669. The molecule has 3 saturated carbocycles. The van der Waals surface area contributed by atoms with Crippen molar-refractivity contribution >= 4 is 0 Å². The Hall–Kier alpha value is -2.63. The van der Waals surface area contributed by atoms with Gasteiger partial charge in [-0.2, -0.15) is 4.98 Å². The molecule has 6 heteroatoms. The van der Waals surface area contributed by atoms with Gasteiger partial charge in [-0.05, 0) is 48.8 Å². The predicted molar refractivity (Wildman–Crippen MR) is 90.7 cm³/mol. The van der Waals surface area contributed by atoms with Gasteiger partial charge in [0.25, 0.3) is 6.43 Å². The predicted octanol–water partition coefficient (Wildman–Crippen LogP) is 4.90. The van der Waals surface area contributed by atoms with E-state index in [4.69, 9.17) is 4.52 Å². The lowest BCUT2D eigenvalue weighted by Gasteiger charge is -2.35. The number of hydrogen-bond donors (Lipinski definition) is 0. The molecule has 0 N–H and O–H groups in total. The van der Waals surface area contributed by atoms with Crippen LogP contribution in [0.2, 0.25) is 0 Å². The minimum Gasteiger partial charge on any atom is -0.338 e. The lowest BCUT2D eigenvalue weighted by Crippen LogP contribution is -2.32. The van der Waals surface area contributed by atoms with Crippen molar-refractivity contribution < 1.29 is 13.3 Å². The number of rotatable bonds is 4. The van der Waals surface area contributed by atoms with Crippen LogP contribution in [0.1, 0.15) is 48.8 Å². The molecule has 1 aromatic carbocycles. The molecule has 3 aromatic rings. The Balaban J connectivity index is 1.38. The van der Waals surface area contributed by atoms with Crippen molar-refractivity contribution in [3.05, 3.63) is 65.8 Å². The standard InChI is InChI=1S/C20H17F2N3O/c21-17(22)16-7-6-13(11-23-16)18-24-19(26-25-18)20-8-14(9-20)15(10-20)12-4-2-1-3-5-12/h1-7,11,14-15,17H,8-10H2. The number of halogens is 2. The van der Waals surface area contributed by atoms with Gasteiger partial charge in [-0.25, -0.2) is 8.78 Å². The second-order valence-corrected chi connectivity index (χ2v) is 7.37. The summed E-state index contributed by atoms with van der Waals surface area (Å²) in [5, 5.41) is 4.06. The molecule has 1 atom stereocenters. The Morgan fingerprint density at radius 1 is 1.04 bits per heavy atom. The first kappa shape index (κ1) is 15.6. The summed E-state index contributed by atoms with van der Waals surface area (Å²) >= 11 is 0. The van der Waals surface area contributed by atoms with Gasteiger partial charge in [-0.15, -0.1) is 0 Å². The Bertz CT molecular complexity index is 918. The molecule has 6 rings (SSSR count). The largest absolute Gasteiger partial charge is 0.338 e. The molecule has 2 heterocycles. The van der Waals surface area contributed by atoms with Gasteiger partial charge in [0.05, 0.1) is 5.41 Å². The fourth-order valence-electron chi connectivity index (χ4n) is 4.56. The monoisotopic (exact) mass is 353 g/mol. The average Bonchev–Trinajstić information content (AvgIpc) is 3.35. The van der Waals surface area contributed by atoms with E-state index in [1.165, 1.54) is 17.8 Å². The normalized spacial score (nSPS) is 26.9. The zero-order valence-electron chi connectivity index (χ0n) is 14.0. The van der Waals surface area contributed by atoms with E-state index in [9.17, 15) is 8.78 Å². The molecule has 0 amide bonds. The summed E-state index contributed by atoms with van der Waals surface area (Å²) in [6.45, 7) is 0. The van der Waals surface area contributed by atoms with Gasteiger partial charge in [-0.3, -0.25) is 4.98 Å². The topological polar surface area (TPSA) is 51.8 Å². The van der Waals surface area contributed by atoms with Crippen molar-refractivity contribution in [2.75, 3.05) is 0 Å². The summed E-state index contributed by atoms with van der Waals surface area (Å²) in [6, 6.07) is 13.4. The van der Waals surface area contributed by atoms with Gasteiger partial charge in [0.15, 0.2) is 0 Å². The van der Waals surface area contributed by atoms with E-state index < -0.39 is 6.43 Å². The third-order valence-electron chi connectivity index (χ3n) is 5.86. The van der Waals surface area contributed by atoms with E-state index in [1.807, 2.05) is 6.07 Å². The highest BCUT2D eigenvalue weighted by Crippen LogP contribution is 2.65. The Labute approximate surface area is 149 Å². The van der Waals surface area contributed by atoms with Gasteiger partial charge in [0.1, 0.15) is 5.69 Å². The molecule has 2 aromatic heterocycles. The molecule has 2 bridgehead atoms. The molecule has 4 nitrogen and oxygen atoms in total. The maximum absolute atomic E-state index is 12.6. The van der Waals surface area contributed by atoms with E-state index >= 15 is 0 Å². The molecule has 0 aliphatic heterocycles. The van der Waals surface area contributed by atoms with Crippen LogP contribution >= 0.6 is 0 Å². The van der Waals surface area contributed by atoms with Gasteiger partial charge < -0.3 is 4.52 Å². The number of alkyl halides is 2. The first-order valence-corrected chi connectivity index (χ1v) is 8.78. The van der Waals surface area contributed by atoms with Crippen molar-refractivity contribution in [1.29, 1.82) is 0 Å². The molecular weight excluding hydrogens is 336 g/mol. The lowest BCUT2D eigenvalue weighted by molar-refractivity contribution is 0.146. The van der Waals surface area contributed by atoms with Crippen LogP contribution in [0.15, 0.2) is 53.2 Å². The molecule has 132 valence electrons. The summed E-state index contributed by atoms with van der Waals surface area (Å²) < 4.78 is 30.8. The summed E-state index contributed by atoms with van der Waals surface area (Å²) in [5.74, 6) is 2.28. The van der Waals surface area contributed by atoms with Crippen LogP contribution in [0, 0.1) is 5.92 Å². The van der Waals surface area contributed by atoms with Crippen molar-refractivity contribution in [1.82, 2.24) is 15.1 Å². The van der Waals surface area contributed by atoms with E-state index in [2.05, 4.69) is 39.4 Å². The molecular formula is C20H17F2N3O. The van der Waals surface area contributed by atoms with Gasteiger partial charge in [0.2, 0.25) is 11.7 Å². The Morgan fingerprint density at radius 3 is 2.54 bits per heavy atom. The summed E-state index contributed by atoms with van der Waals surface area (Å²) in [4.78, 5) is 8.34. The maximum atomic E-state index is 12.6. The van der Waals surface area contributed by atoms with Crippen LogP contribution < -0.4 is 0 Å². The molecule has 0 spiro atoms. The Morgan fingerprint density at radius 2 is 1.85 bits per heavy atom. The zero-order chi connectivity index (χ0) is 17.7. The highest BCUT2D eigenvalue weighted by molar-refractivity contribution is 5.53. The average molecular weight is 353 g/mol. The van der Waals surface area contributed by atoms with Crippen molar-refractivity contribution in [2.45, 2.75) is 37.0 Å². The summed E-state index contributed by atoms with van der Waals surface area (Å²) in [5.41, 5.74) is 1.68. The van der Waals surface area contributed by atoms with Crippen molar-refractivity contribution in [3.8, 4) is 11.4 Å². The van der Waals surface area contributed by atoms with Gasteiger partial charge in [-0.1, -0.05) is 35.5 Å². The fourth-order valence-corrected chi connectivity index (χ4v) is 4.56. The van der Waals surface area contributed by atoms with Crippen LogP contribution in [0.3, 0.4) is 0 Å². The third-order valence-corrected chi connectivity index (χ3v) is 5.86. The minimum atomic E-state index is -2.58. The minimum absolute atomic E-state index is 0.0350. The molecule has 1 unspecified atom stereocenters. The molecule has 3 fully saturated rings. The smallest absolute Gasteiger partial charge is 0.280 e. The van der Waals surface area contributed by atoms with Gasteiger partial charge >= 0.3 is 0 Å². The highest BCUT2D eigenvalue weighted by atomic mass is 19.3. The number of hydrogen-bond acceptors (Lipinski definition) is 4. The fraction of sp³-hybridized carbons (Fsp3) is 0.350. The van der Waals surface area contributed by atoms with E-state index in [0.717, 1.165) is 19.3 Å². The number of pyridine rings is 1. The van der Waals surface area contributed by atoms with Crippen LogP contribution in [0.25, 0.3) is 11.4 Å².